The topological polar surface area (TPSA) is 134 Å². The quantitative estimate of drug-likeness (QED) is 0.221. The highest BCUT2D eigenvalue weighted by atomic mass is 32.2. The lowest BCUT2D eigenvalue weighted by Gasteiger charge is -2.31. The van der Waals surface area contributed by atoms with Crippen LogP contribution in [0.15, 0.2) is 48.5 Å². The van der Waals surface area contributed by atoms with E-state index in [4.69, 9.17) is 0 Å². The highest BCUT2D eigenvalue weighted by Crippen LogP contribution is 2.31. The Morgan fingerprint density at radius 1 is 1.13 bits per heavy atom. The van der Waals surface area contributed by atoms with E-state index in [1.54, 1.807) is 53.9 Å². The van der Waals surface area contributed by atoms with Crippen LogP contribution < -0.4 is 16.0 Å². The zero-order valence-corrected chi connectivity index (χ0v) is 23.5. The number of rotatable bonds is 12. The Balaban J connectivity index is 1.53. The summed E-state index contributed by atoms with van der Waals surface area (Å²) in [4.78, 5) is 36.8. The van der Waals surface area contributed by atoms with Gasteiger partial charge in [-0.25, -0.2) is 0 Å². The summed E-state index contributed by atoms with van der Waals surface area (Å²) in [5, 5.41) is 30.2. The van der Waals surface area contributed by atoms with E-state index in [1.165, 1.54) is 50.3 Å². The molecule has 210 valence electrons. The number of nitrogens with one attached hydrogen (secondary N) is 3. The molecule has 39 heavy (non-hydrogen) atoms. The van der Waals surface area contributed by atoms with Crippen molar-refractivity contribution >= 4 is 41.0 Å². The van der Waals surface area contributed by atoms with Crippen molar-refractivity contribution in [3.05, 3.63) is 69.8 Å². The Bertz CT molecular complexity index is 1120. The van der Waals surface area contributed by atoms with Crippen molar-refractivity contribution in [1.29, 1.82) is 0 Å². The van der Waals surface area contributed by atoms with Crippen LogP contribution in [0.2, 0.25) is 0 Å². The second-order valence-corrected chi connectivity index (χ2v) is 12.5. The number of carbonyl (C=O) groups is 2. The van der Waals surface area contributed by atoms with Gasteiger partial charge in [0.1, 0.15) is 11.1 Å². The largest absolute Gasteiger partial charge is 0.507 e. The number of hydrogen-bond acceptors (Lipinski definition) is 8. The van der Waals surface area contributed by atoms with Gasteiger partial charge < -0.3 is 15.7 Å². The van der Waals surface area contributed by atoms with Crippen LogP contribution in [-0.2, 0) is 11.2 Å². The van der Waals surface area contributed by atoms with Crippen LogP contribution in [0.3, 0.4) is 0 Å². The van der Waals surface area contributed by atoms with Crippen molar-refractivity contribution < 1.29 is 19.6 Å². The third-order valence-corrected chi connectivity index (χ3v) is 9.96. The molecule has 0 bridgehead atoms. The summed E-state index contributed by atoms with van der Waals surface area (Å²) in [5.41, 5.74) is 1.15. The molecule has 4 N–H and O–H groups in total. The van der Waals surface area contributed by atoms with Crippen LogP contribution in [0.25, 0.3) is 0 Å². The van der Waals surface area contributed by atoms with Crippen molar-refractivity contribution in [3.8, 4) is 5.75 Å². The van der Waals surface area contributed by atoms with Crippen molar-refractivity contribution in [3.63, 3.8) is 0 Å². The molecule has 2 unspecified atom stereocenters. The Morgan fingerprint density at radius 2 is 1.87 bits per heavy atom. The lowest BCUT2D eigenvalue weighted by atomic mass is 9.91. The molecular formula is C28H36N4O5S2. The maximum atomic E-state index is 13.2. The van der Waals surface area contributed by atoms with Crippen LogP contribution in [-0.4, -0.2) is 63.1 Å². The number of benzene rings is 2. The molecular weight excluding hydrogens is 536 g/mol. The summed E-state index contributed by atoms with van der Waals surface area (Å²) in [7, 11) is 0. The second kappa shape index (κ2) is 14.6. The van der Waals surface area contributed by atoms with Gasteiger partial charge in [0, 0.05) is 36.2 Å². The number of hydrogen-bond donors (Lipinski definition) is 4. The molecule has 0 spiro atoms. The van der Waals surface area contributed by atoms with E-state index in [-0.39, 0.29) is 46.1 Å². The summed E-state index contributed by atoms with van der Waals surface area (Å²) in [6, 6.07) is 12.5. The molecule has 2 fully saturated rings. The van der Waals surface area contributed by atoms with E-state index >= 15 is 0 Å². The standard InChI is InChI=1S/C28H36N4O5S2/c33-24-9-5-4-8-22(24)26(34)30-17-23(31-27(35)28-29-14-15-38-28)25(39-18-20-6-2-1-3-7-20)16-19-10-12-21(13-11-19)32(36)37/h4-5,8-13,20,23,25,28-29,33H,1-3,6-7,14-18H2,(H,30,34)(H,31,35)/t23?,25?,28-/m1/s1. The van der Waals surface area contributed by atoms with E-state index < -0.39 is 10.8 Å². The van der Waals surface area contributed by atoms with Crippen molar-refractivity contribution in [1.82, 2.24) is 16.0 Å². The molecule has 1 aliphatic heterocycles. The highest BCUT2D eigenvalue weighted by Gasteiger charge is 2.31. The monoisotopic (exact) mass is 572 g/mol. The zero-order chi connectivity index (χ0) is 27.6. The fourth-order valence-corrected chi connectivity index (χ4v) is 7.49. The predicted molar refractivity (Wildman–Crippen MR) is 156 cm³/mol. The number of non-ortho nitro benzene ring substituents is 1. The average Bonchev–Trinajstić information content (AvgIpc) is 3.50. The normalized spacial score (nSPS) is 19.2. The van der Waals surface area contributed by atoms with Gasteiger partial charge in [-0.05, 0) is 48.6 Å². The van der Waals surface area contributed by atoms with E-state index in [1.807, 2.05) is 0 Å². The lowest BCUT2D eigenvalue weighted by Crippen LogP contribution is -2.53. The van der Waals surface area contributed by atoms with Gasteiger partial charge in [-0.1, -0.05) is 43.5 Å². The lowest BCUT2D eigenvalue weighted by molar-refractivity contribution is -0.384. The zero-order valence-electron chi connectivity index (χ0n) is 21.8. The first kappa shape index (κ1) is 29.2. The molecule has 9 nitrogen and oxygen atoms in total. The fraction of sp³-hybridized carbons (Fsp3) is 0.500. The van der Waals surface area contributed by atoms with E-state index in [0.29, 0.717) is 12.3 Å². The number of amides is 2. The second-order valence-electron chi connectivity index (χ2n) is 10.1. The van der Waals surface area contributed by atoms with Gasteiger partial charge in [-0.15, -0.1) is 11.8 Å². The average molecular weight is 573 g/mol. The first-order valence-corrected chi connectivity index (χ1v) is 15.6. The summed E-state index contributed by atoms with van der Waals surface area (Å²) in [6.45, 7) is 0.950. The maximum absolute atomic E-state index is 13.2. The molecule has 0 radical (unpaired) electrons. The first-order valence-electron chi connectivity index (χ1n) is 13.5. The number of nitrogens with zero attached hydrogens (tertiary/aromatic N) is 1. The van der Waals surface area contributed by atoms with Gasteiger partial charge in [0.15, 0.2) is 0 Å². The third kappa shape index (κ3) is 8.61. The highest BCUT2D eigenvalue weighted by molar-refractivity contribution is 8.00. The molecule has 11 heteroatoms. The number of phenols is 1. The van der Waals surface area contributed by atoms with Crippen molar-refractivity contribution in [2.45, 2.75) is 55.2 Å². The Kier molecular flexibility index (Phi) is 10.9. The van der Waals surface area contributed by atoms with Crippen LogP contribution >= 0.6 is 23.5 Å². The molecule has 2 aliphatic rings. The smallest absolute Gasteiger partial charge is 0.269 e. The Hall–Kier alpha value is -2.76. The molecule has 1 aliphatic carbocycles. The van der Waals surface area contributed by atoms with Gasteiger partial charge in [-0.3, -0.25) is 25.0 Å². The minimum Gasteiger partial charge on any atom is -0.507 e. The molecule has 2 amide bonds. The van der Waals surface area contributed by atoms with Gasteiger partial charge in [-0.2, -0.15) is 11.8 Å². The number of aromatic hydroxyl groups is 1. The van der Waals surface area contributed by atoms with Gasteiger partial charge in [0.05, 0.1) is 16.5 Å². The summed E-state index contributed by atoms with van der Waals surface area (Å²) in [6.07, 6.45) is 6.72. The number of nitro benzene ring substituents is 1. The van der Waals surface area contributed by atoms with Crippen LogP contribution in [0.5, 0.6) is 5.75 Å². The number of carbonyl (C=O) groups excluding carboxylic acids is 2. The molecule has 3 atom stereocenters. The molecule has 1 saturated heterocycles. The molecule has 4 rings (SSSR count). The maximum Gasteiger partial charge on any atom is 0.269 e. The van der Waals surface area contributed by atoms with Gasteiger partial charge in [0.25, 0.3) is 11.6 Å². The van der Waals surface area contributed by atoms with E-state index in [2.05, 4.69) is 16.0 Å². The molecule has 1 saturated carbocycles. The summed E-state index contributed by atoms with van der Waals surface area (Å²) < 4.78 is 0. The molecule has 2 aromatic carbocycles. The van der Waals surface area contributed by atoms with Crippen LogP contribution in [0.4, 0.5) is 5.69 Å². The Labute approximate surface area is 237 Å². The van der Waals surface area contributed by atoms with Crippen LogP contribution in [0, 0.1) is 16.0 Å². The van der Waals surface area contributed by atoms with E-state index in [9.17, 15) is 24.8 Å². The minimum absolute atomic E-state index is 0.0364. The third-order valence-electron chi connectivity index (χ3n) is 7.22. The predicted octanol–water partition coefficient (Wildman–Crippen LogP) is 4.10. The SMILES string of the molecule is O=C(NCC(NC(=O)[C@@H]1NCCS1)C(Cc1ccc([N+](=O)[O-])cc1)SCC1CCCCC1)c1ccccc1O. The van der Waals surface area contributed by atoms with Crippen molar-refractivity contribution in [2.24, 2.45) is 5.92 Å². The molecule has 1 heterocycles. The first-order chi connectivity index (χ1) is 18.9. The number of phenolic OH excluding ortho intramolecular Hbond substituents is 1. The Morgan fingerprint density at radius 3 is 2.54 bits per heavy atom. The minimum atomic E-state index is -0.414. The van der Waals surface area contributed by atoms with Gasteiger partial charge in [0.2, 0.25) is 5.91 Å². The van der Waals surface area contributed by atoms with Crippen molar-refractivity contribution in [2.75, 3.05) is 24.6 Å². The number of para-hydroxylation sites is 1. The van der Waals surface area contributed by atoms with Crippen LogP contribution in [0.1, 0.15) is 48.0 Å². The summed E-state index contributed by atoms with van der Waals surface area (Å²) in [5.74, 6) is 1.79. The number of nitro groups is 1. The fourth-order valence-electron chi connectivity index (χ4n) is 5.01. The number of thioether (sulfide) groups is 2. The summed E-state index contributed by atoms with van der Waals surface area (Å²) >= 11 is 3.36. The molecule has 0 aromatic heterocycles. The van der Waals surface area contributed by atoms with E-state index in [0.717, 1.165) is 23.6 Å². The molecule has 2 aromatic rings. The van der Waals surface area contributed by atoms with Gasteiger partial charge >= 0.3 is 0 Å².